The minimum absolute atomic E-state index is 0. The van der Waals surface area contributed by atoms with Gasteiger partial charge in [-0.3, -0.25) is 4.55 Å². The first-order valence-electron chi connectivity index (χ1n) is 4.46. The Morgan fingerprint density at radius 3 is 2.33 bits per heavy atom. The van der Waals surface area contributed by atoms with Crippen LogP contribution < -0.4 is 4.74 Å². The monoisotopic (exact) mass is 282 g/mol. The summed E-state index contributed by atoms with van der Waals surface area (Å²) < 4.78 is 39.4. The Labute approximate surface area is 127 Å². The molecule has 0 aromatic heterocycles. The fourth-order valence-electron chi connectivity index (χ4n) is 0.932. The molecule has 0 radical (unpaired) electrons. The molecule has 0 fully saturated rings. The van der Waals surface area contributed by atoms with Crippen LogP contribution in [0.15, 0.2) is 41.8 Å². The quantitative estimate of drug-likeness (QED) is 0.291. The molecule has 0 amide bonds. The van der Waals surface area contributed by atoms with Gasteiger partial charge in [-0.25, -0.2) is 4.79 Å². The minimum atomic E-state index is -4.25. The molecule has 0 atom stereocenters. The Kier molecular flexibility index (Phi) is 7.19. The Morgan fingerprint density at radius 2 is 1.89 bits per heavy atom. The van der Waals surface area contributed by atoms with Crippen LogP contribution in [0.5, 0.6) is 5.75 Å². The molecule has 0 unspecified atom stereocenters. The topological polar surface area (TPSA) is 89.9 Å². The van der Waals surface area contributed by atoms with Crippen LogP contribution in [0.3, 0.4) is 0 Å². The van der Waals surface area contributed by atoms with Crippen molar-refractivity contribution in [2.75, 3.05) is 6.61 Å². The van der Waals surface area contributed by atoms with E-state index in [1.165, 1.54) is 18.2 Å². The van der Waals surface area contributed by atoms with Gasteiger partial charge in [-0.2, -0.15) is 8.42 Å². The third-order valence-corrected chi connectivity index (χ3v) is 2.51. The standard InChI is InChI=1S/C10H10O6S.Na.H/c1-2-7-15-10(11)16-8-3-5-9(6-4-8)17(12,13)14;;/h2-6H,1,7H2,(H,12,13,14);;. The number of ether oxygens (including phenoxy) is 2. The molecule has 18 heavy (non-hydrogen) atoms. The van der Waals surface area contributed by atoms with Gasteiger partial charge in [0, 0.05) is 0 Å². The second-order valence-corrected chi connectivity index (χ2v) is 4.32. The van der Waals surface area contributed by atoms with E-state index in [-0.39, 0.29) is 46.8 Å². The zero-order valence-electron chi connectivity index (χ0n) is 8.70. The maximum absolute atomic E-state index is 11.0. The third kappa shape index (κ3) is 5.65. The molecule has 1 aromatic rings. The van der Waals surface area contributed by atoms with E-state index >= 15 is 0 Å². The molecular formula is C10H11NaO6S. The average molecular weight is 282 g/mol. The molecule has 8 heteroatoms. The van der Waals surface area contributed by atoms with Crippen molar-refractivity contribution in [3.8, 4) is 5.75 Å². The SMILES string of the molecule is C=CCOC(=O)Oc1ccc(S(=O)(=O)O)cc1.[NaH]. The molecule has 6 nitrogen and oxygen atoms in total. The van der Waals surface area contributed by atoms with Gasteiger partial charge in [0.2, 0.25) is 0 Å². The van der Waals surface area contributed by atoms with E-state index in [9.17, 15) is 13.2 Å². The maximum atomic E-state index is 11.0. The van der Waals surface area contributed by atoms with Crippen LogP contribution >= 0.6 is 0 Å². The van der Waals surface area contributed by atoms with Crippen molar-refractivity contribution in [3.05, 3.63) is 36.9 Å². The molecule has 0 saturated heterocycles. The van der Waals surface area contributed by atoms with Crippen molar-refractivity contribution in [2.45, 2.75) is 4.90 Å². The van der Waals surface area contributed by atoms with Crippen molar-refractivity contribution >= 4 is 45.8 Å². The van der Waals surface area contributed by atoms with E-state index < -0.39 is 16.3 Å². The second kappa shape index (κ2) is 7.55. The number of benzene rings is 1. The summed E-state index contributed by atoms with van der Waals surface area (Å²) in [6.45, 7) is 3.37. The van der Waals surface area contributed by atoms with Gasteiger partial charge in [0.1, 0.15) is 12.4 Å². The summed E-state index contributed by atoms with van der Waals surface area (Å²) in [6, 6.07) is 4.65. The van der Waals surface area contributed by atoms with Crippen molar-refractivity contribution in [3.63, 3.8) is 0 Å². The number of hydrogen-bond acceptors (Lipinski definition) is 5. The van der Waals surface area contributed by atoms with E-state index in [0.29, 0.717) is 0 Å². The molecule has 1 aromatic carbocycles. The van der Waals surface area contributed by atoms with Gasteiger partial charge >= 0.3 is 35.7 Å². The molecule has 1 rings (SSSR count). The fraction of sp³-hybridized carbons (Fsp3) is 0.100. The first-order valence-corrected chi connectivity index (χ1v) is 5.90. The van der Waals surface area contributed by atoms with Crippen LogP contribution in [0.4, 0.5) is 4.79 Å². The second-order valence-electron chi connectivity index (χ2n) is 2.90. The molecule has 0 aliphatic heterocycles. The molecular weight excluding hydrogens is 271 g/mol. The Bertz CT molecular complexity index is 508. The summed E-state index contributed by atoms with van der Waals surface area (Å²) in [5, 5.41) is 0. The Balaban J connectivity index is 0.00000289. The van der Waals surface area contributed by atoms with Gasteiger partial charge in [-0.15, -0.1) is 0 Å². The molecule has 1 N–H and O–H groups in total. The van der Waals surface area contributed by atoms with Gasteiger partial charge in [0.15, 0.2) is 0 Å². The first-order chi connectivity index (χ1) is 7.93. The molecule has 0 bridgehead atoms. The molecule has 94 valence electrons. The van der Waals surface area contributed by atoms with Gasteiger partial charge in [0.25, 0.3) is 10.1 Å². The van der Waals surface area contributed by atoms with Crippen LogP contribution in [0.2, 0.25) is 0 Å². The molecule has 0 aliphatic rings. The predicted molar refractivity (Wildman–Crippen MR) is 65.6 cm³/mol. The molecule has 0 saturated carbocycles. The van der Waals surface area contributed by atoms with Gasteiger partial charge in [-0.05, 0) is 24.3 Å². The summed E-state index contributed by atoms with van der Waals surface area (Å²) in [5.41, 5.74) is 0. The van der Waals surface area contributed by atoms with Gasteiger partial charge in [-0.1, -0.05) is 12.7 Å². The normalized spacial score (nSPS) is 10.1. The van der Waals surface area contributed by atoms with Crippen LogP contribution in [0, 0.1) is 0 Å². The van der Waals surface area contributed by atoms with Crippen LogP contribution in [0.25, 0.3) is 0 Å². The summed E-state index contributed by atoms with van der Waals surface area (Å²) in [6.07, 6.45) is 0.451. The molecule has 0 heterocycles. The third-order valence-electron chi connectivity index (χ3n) is 1.64. The van der Waals surface area contributed by atoms with Crippen molar-refractivity contribution < 1.29 is 27.2 Å². The van der Waals surface area contributed by atoms with Gasteiger partial charge in [0.05, 0.1) is 4.90 Å². The van der Waals surface area contributed by atoms with E-state index in [0.717, 1.165) is 12.1 Å². The summed E-state index contributed by atoms with van der Waals surface area (Å²) in [4.78, 5) is 10.7. The van der Waals surface area contributed by atoms with Crippen LogP contribution in [0.1, 0.15) is 0 Å². The summed E-state index contributed by atoms with van der Waals surface area (Å²) in [7, 11) is -4.25. The van der Waals surface area contributed by atoms with Crippen LogP contribution in [-0.4, -0.2) is 55.3 Å². The van der Waals surface area contributed by atoms with E-state index in [1.807, 2.05) is 0 Å². The van der Waals surface area contributed by atoms with E-state index in [1.54, 1.807) is 0 Å². The zero-order valence-corrected chi connectivity index (χ0v) is 9.51. The van der Waals surface area contributed by atoms with Crippen molar-refractivity contribution in [1.29, 1.82) is 0 Å². The molecule has 0 aliphatic carbocycles. The number of carbonyl (C=O) groups excluding carboxylic acids is 1. The Morgan fingerprint density at radius 1 is 1.33 bits per heavy atom. The predicted octanol–water partition coefficient (Wildman–Crippen LogP) is 0.986. The van der Waals surface area contributed by atoms with Crippen molar-refractivity contribution in [2.24, 2.45) is 0 Å². The summed E-state index contributed by atoms with van der Waals surface area (Å²) >= 11 is 0. The first kappa shape index (κ1) is 17.1. The number of carbonyl (C=O) groups is 1. The zero-order chi connectivity index (χ0) is 12.9. The number of rotatable bonds is 4. The van der Waals surface area contributed by atoms with Crippen molar-refractivity contribution in [1.82, 2.24) is 0 Å². The van der Waals surface area contributed by atoms with E-state index in [2.05, 4.69) is 11.3 Å². The Hall–Kier alpha value is -0.860. The molecule has 0 spiro atoms. The number of hydrogen-bond donors (Lipinski definition) is 1. The average Bonchev–Trinajstić information content (AvgIpc) is 2.26. The fourth-order valence-corrected chi connectivity index (χ4v) is 1.41. The van der Waals surface area contributed by atoms with E-state index in [4.69, 9.17) is 9.29 Å². The summed E-state index contributed by atoms with van der Waals surface area (Å²) in [5.74, 6) is 0.103. The van der Waals surface area contributed by atoms with Gasteiger partial charge < -0.3 is 9.47 Å². The van der Waals surface area contributed by atoms with Crippen LogP contribution in [-0.2, 0) is 14.9 Å².